The average molecular weight is 383 g/mol. The van der Waals surface area contributed by atoms with Crippen LogP contribution in [0.25, 0.3) is 10.2 Å². The number of aryl methyl sites for hydroxylation is 3. The summed E-state index contributed by atoms with van der Waals surface area (Å²) < 4.78 is 1.38. The van der Waals surface area contributed by atoms with E-state index in [4.69, 9.17) is 0 Å². The van der Waals surface area contributed by atoms with Crippen LogP contribution in [0.5, 0.6) is 0 Å². The number of Topliss-reactive ketones (excluding diaryl/α,β-unsaturated/α-hetero) is 2. The quantitative estimate of drug-likeness (QED) is 0.700. The highest BCUT2D eigenvalue weighted by atomic mass is 32.1. The SMILES string of the molecule is CC(=O)c1c(C)[nH]c(C(=O)Cn2cnc3sc4c(c3c2=O)CCCC4)c1C. The first-order valence-electron chi connectivity index (χ1n) is 9.11. The van der Waals surface area contributed by atoms with Crippen LogP contribution in [0.15, 0.2) is 11.1 Å². The summed E-state index contributed by atoms with van der Waals surface area (Å²) >= 11 is 1.60. The Morgan fingerprint density at radius 3 is 2.70 bits per heavy atom. The number of carbonyl (C=O) groups is 2. The first kappa shape index (κ1) is 17.9. The predicted molar refractivity (Wildman–Crippen MR) is 105 cm³/mol. The third-order valence-corrected chi connectivity index (χ3v) is 6.52. The lowest BCUT2D eigenvalue weighted by atomic mass is 9.97. The Morgan fingerprint density at radius 2 is 2.00 bits per heavy atom. The first-order chi connectivity index (χ1) is 12.9. The number of H-pyrrole nitrogens is 1. The summed E-state index contributed by atoms with van der Waals surface area (Å²) in [5, 5.41) is 0.675. The average Bonchev–Trinajstić information content (AvgIpc) is 3.14. The van der Waals surface area contributed by atoms with Crippen molar-refractivity contribution in [2.24, 2.45) is 0 Å². The fourth-order valence-electron chi connectivity index (χ4n) is 4.08. The minimum atomic E-state index is -0.226. The number of nitrogens with one attached hydrogen (secondary N) is 1. The maximum atomic E-state index is 13.0. The standard InChI is InChI=1S/C20H21N3O3S/c1-10-16(12(3)24)11(2)22-18(10)14(25)8-23-9-21-19-17(20(23)26)13-6-4-5-7-15(13)27-19/h9,22H,4-8H2,1-3H3. The third-order valence-electron chi connectivity index (χ3n) is 5.32. The van der Waals surface area contributed by atoms with Crippen LogP contribution in [-0.4, -0.2) is 26.1 Å². The lowest BCUT2D eigenvalue weighted by Crippen LogP contribution is -2.25. The van der Waals surface area contributed by atoms with E-state index in [-0.39, 0.29) is 23.7 Å². The summed E-state index contributed by atoms with van der Waals surface area (Å²) in [6.07, 6.45) is 5.60. The van der Waals surface area contributed by atoms with E-state index in [1.165, 1.54) is 22.7 Å². The van der Waals surface area contributed by atoms with Crippen LogP contribution in [0.4, 0.5) is 0 Å². The second-order valence-electron chi connectivity index (χ2n) is 7.17. The minimum absolute atomic E-state index is 0.0783. The van der Waals surface area contributed by atoms with E-state index in [0.29, 0.717) is 27.9 Å². The lowest BCUT2D eigenvalue weighted by molar-refractivity contribution is 0.0965. The first-order valence-corrected chi connectivity index (χ1v) is 9.93. The van der Waals surface area contributed by atoms with Crippen LogP contribution < -0.4 is 5.56 Å². The Bertz CT molecular complexity index is 1150. The van der Waals surface area contributed by atoms with Gasteiger partial charge in [0.1, 0.15) is 4.83 Å². The normalized spacial score (nSPS) is 13.7. The number of nitrogens with zero attached hydrogens (tertiary/aromatic N) is 2. The summed E-state index contributed by atoms with van der Waals surface area (Å²) in [5.41, 5.74) is 3.21. The molecule has 0 aliphatic heterocycles. The van der Waals surface area contributed by atoms with Crippen molar-refractivity contribution in [3.8, 4) is 0 Å². The van der Waals surface area contributed by atoms with E-state index in [0.717, 1.165) is 36.1 Å². The second kappa shape index (κ2) is 6.56. The van der Waals surface area contributed by atoms with Crippen molar-refractivity contribution >= 4 is 33.1 Å². The van der Waals surface area contributed by atoms with Crippen LogP contribution in [-0.2, 0) is 19.4 Å². The van der Waals surface area contributed by atoms with Crippen molar-refractivity contribution in [1.29, 1.82) is 0 Å². The molecule has 27 heavy (non-hydrogen) atoms. The third kappa shape index (κ3) is 2.86. The van der Waals surface area contributed by atoms with Gasteiger partial charge in [-0.2, -0.15) is 0 Å². The predicted octanol–water partition coefficient (Wildman–Crippen LogP) is 3.37. The molecule has 1 aliphatic rings. The molecular formula is C20H21N3O3S. The zero-order chi connectivity index (χ0) is 19.3. The van der Waals surface area contributed by atoms with Gasteiger partial charge in [0, 0.05) is 16.1 Å². The molecule has 3 aromatic rings. The van der Waals surface area contributed by atoms with E-state index < -0.39 is 0 Å². The van der Waals surface area contributed by atoms with Gasteiger partial charge in [0.25, 0.3) is 5.56 Å². The van der Waals surface area contributed by atoms with Gasteiger partial charge in [0.2, 0.25) is 0 Å². The zero-order valence-corrected chi connectivity index (χ0v) is 16.5. The van der Waals surface area contributed by atoms with Crippen LogP contribution >= 0.6 is 11.3 Å². The summed E-state index contributed by atoms with van der Waals surface area (Å²) in [7, 11) is 0. The van der Waals surface area contributed by atoms with Crippen molar-refractivity contribution in [3.05, 3.63) is 49.6 Å². The van der Waals surface area contributed by atoms with E-state index in [1.54, 1.807) is 25.2 Å². The Balaban J connectivity index is 1.73. The van der Waals surface area contributed by atoms with Crippen molar-refractivity contribution in [2.75, 3.05) is 0 Å². The Hall–Kier alpha value is -2.54. The fourth-order valence-corrected chi connectivity index (χ4v) is 5.30. The number of hydrogen-bond acceptors (Lipinski definition) is 5. The smallest absolute Gasteiger partial charge is 0.262 e. The molecule has 140 valence electrons. The summed E-state index contributed by atoms with van der Waals surface area (Å²) in [5.74, 6) is -0.305. The van der Waals surface area contributed by atoms with Gasteiger partial charge >= 0.3 is 0 Å². The molecule has 0 unspecified atom stereocenters. The number of carbonyl (C=O) groups excluding carboxylic acids is 2. The molecule has 6 nitrogen and oxygen atoms in total. The van der Waals surface area contributed by atoms with Crippen LogP contribution in [0.3, 0.4) is 0 Å². The van der Waals surface area contributed by atoms with Crippen molar-refractivity contribution in [1.82, 2.24) is 14.5 Å². The highest BCUT2D eigenvalue weighted by Crippen LogP contribution is 2.33. The van der Waals surface area contributed by atoms with Gasteiger partial charge < -0.3 is 4.98 Å². The fraction of sp³-hybridized carbons (Fsp3) is 0.400. The molecule has 1 N–H and O–H groups in total. The topological polar surface area (TPSA) is 84.8 Å². The molecular weight excluding hydrogens is 362 g/mol. The molecule has 0 aromatic carbocycles. The van der Waals surface area contributed by atoms with E-state index >= 15 is 0 Å². The van der Waals surface area contributed by atoms with Crippen LogP contribution in [0.2, 0.25) is 0 Å². The Morgan fingerprint density at radius 1 is 1.26 bits per heavy atom. The minimum Gasteiger partial charge on any atom is -0.355 e. The summed E-state index contributed by atoms with van der Waals surface area (Å²) in [4.78, 5) is 47.1. The largest absolute Gasteiger partial charge is 0.355 e. The zero-order valence-electron chi connectivity index (χ0n) is 15.6. The molecule has 7 heteroatoms. The highest BCUT2D eigenvalue weighted by Gasteiger charge is 2.23. The Kier molecular flexibility index (Phi) is 4.34. The van der Waals surface area contributed by atoms with Gasteiger partial charge in [-0.05, 0) is 57.6 Å². The number of fused-ring (bicyclic) bond motifs is 3. The number of ketones is 2. The monoisotopic (exact) mass is 383 g/mol. The van der Waals surface area contributed by atoms with Gasteiger partial charge in [-0.15, -0.1) is 11.3 Å². The lowest BCUT2D eigenvalue weighted by Gasteiger charge is -2.10. The summed E-state index contributed by atoms with van der Waals surface area (Å²) in [6, 6.07) is 0. The molecule has 3 aromatic heterocycles. The highest BCUT2D eigenvalue weighted by molar-refractivity contribution is 7.18. The molecule has 0 saturated carbocycles. The molecule has 0 saturated heterocycles. The molecule has 4 rings (SSSR count). The van der Waals surface area contributed by atoms with Crippen LogP contribution in [0.1, 0.15) is 62.3 Å². The molecule has 1 aliphatic carbocycles. The number of thiophene rings is 1. The second-order valence-corrected chi connectivity index (χ2v) is 8.26. The molecule has 0 atom stereocenters. The van der Waals surface area contributed by atoms with Gasteiger partial charge in [-0.25, -0.2) is 4.98 Å². The van der Waals surface area contributed by atoms with E-state index in [2.05, 4.69) is 9.97 Å². The molecule has 0 bridgehead atoms. The number of rotatable bonds is 4. The van der Waals surface area contributed by atoms with Gasteiger partial charge in [-0.1, -0.05) is 0 Å². The van der Waals surface area contributed by atoms with Crippen LogP contribution in [0, 0.1) is 13.8 Å². The summed E-state index contributed by atoms with van der Waals surface area (Å²) in [6.45, 7) is 4.93. The number of aromatic nitrogens is 3. The van der Waals surface area contributed by atoms with Crippen molar-refractivity contribution in [3.63, 3.8) is 0 Å². The van der Waals surface area contributed by atoms with Crippen molar-refractivity contribution < 1.29 is 9.59 Å². The van der Waals surface area contributed by atoms with Gasteiger partial charge in [0.05, 0.1) is 24.0 Å². The number of hydrogen-bond donors (Lipinski definition) is 1. The maximum absolute atomic E-state index is 13.0. The molecule has 0 amide bonds. The number of aromatic amines is 1. The van der Waals surface area contributed by atoms with E-state index in [1.807, 2.05) is 0 Å². The maximum Gasteiger partial charge on any atom is 0.262 e. The molecule has 0 spiro atoms. The van der Waals surface area contributed by atoms with Gasteiger partial charge in [0.15, 0.2) is 11.6 Å². The Labute approximate surface area is 160 Å². The van der Waals surface area contributed by atoms with Crippen molar-refractivity contribution in [2.45, 2.75) is 53.0 Å². The molecule has 0 fully saturated rings. The van der Waals surface area contributed by atoms with Gasteiger partial charge in [-0.3, -0.25) is 19.0 Å². The van der Waals surface area contributed by atoms with E-state index in [9.17, 15) is 14.4 Å². The molecule has 0 radical (unpaired) electrons. The molecule has 3 heterocycles.